The van der Waals surface area contributed by atoms with Crippen LogP contribution in [0.25, 0.3) is 0 Å². The first-order valence-corrected chi connectivity index (χ1v) is 8.55. The standard InChI is InChI=1S/C20H16N4O4/c21-20-23-17-15(19(28)24-20)13(10-6-2-1-3-7-10)14(18(27)22-17)16(26)11-8-4-5-9-12(11)25/h1-9,13-14,25H,(H4,21,22,23,24,27,28)/t13-,14-/m1/s1. The molecule has 0 spiro atoms. The van der Waals surface area contributed by atoms with E-state index in [9.17, 15) is 19.5 Å². The minimum atomic E-state index is -1.25. The van der Waals surface area contributed by atoms with Crippen molar-refractivity contribution >= 4 is 23.5 Å². The molecule has 1 amide bonds. The zero-order valence-electron chi connectivity index (χ0n) is 14.5. The Morgan fingerprint density at radius 1 is 1.04 bits per heavy atom. The van der Waals surface area contributed by atoms with E-state index in [-0.39, 0.29) is 28.6 Å². The van der Waals surface area contributed by atoms with Gasteiger partial charge in [-0.05, 0) is 17.7 Å². The molecule has 2 atom stereocenters. The van der Waals surface area contributed by atoms with E-state index in [4.69, 9.17) is 5.73 Å². The van der Waals surface area contributed by atoms with Crippen molar-refractivity contribution in [2.75, 3.05) is 11.1 Å². The maximum Gasteiger partial charge on any atom is 0.258 e. The molecule has 0 radical (unpaired) electrons. The van der Waals surface area contributed by atoms with Crippen molar-refractivity contribution < 1.29 is 14.7 Å². The van der Waals surface area contributed by atoms with E-state index in [1.54, 1.807) is 42.5 Å². The van der Waals surface area contributed by atoms with Crippen molar-refractivity contribution in [3.8, 4) is 5.75 Å². The van der Waals surface area contributed by atoms with E-state index in [1.165, 1.54) is 12.1 Å². The molecule has 0 saturated heterocycles. The molecule has 8 heteroatoms. The van der Waals surface area contributed by atoms with Crippen LogP contribution in [0.4, 0.5) is 11.8 Å². The van der Waals surface area contributed by atoms with Gasteiger partial charge in [0.1, 0.15) is 17.5 Å². The van der Waals surface area contributed by atoms with Gasteiger partial charge in [-0.15, -0.1) is 0 Å². The summed E-state index contributed by atoms with van der Waals surface area (Å²) in [5.41, 5.74) is 5.82. The molecule has 0 fully saturated rings. The fourth-order valence-electron chi connectivity index (χ4n) is 3.54. The molecule has 28 heavy (non-hydrogen) atoms. The van der Waals surface area contributed by atoms with E-state index < -0.39 is 29.1 Å². The number of para-hydroxylation sites is 1. The molecule has 2 aromatic carbocycles. The largest absolute Gasteiger partial charge is 0.507 e. The second-order valence-corrected chi connectivity index (χ2v) is 6.45. The number of nitrogen functional groups attached to an aromatic ring is 1. The van der Waals surface area contributed by atoms with E-state index >= 15 is 0 Å². The lowest BCUT2D eigenvalue weighted by Gasteiger charge is -2.31. The van der Waals surface area contributed by atoms with Crippen LogP contribution in [0.5, 0.6) is 5.75 Å². The number of aromatic nitrogens is 2. The van der Waals surface area contributed by atoms with Crippen LogP contribution in [0.3, 0.4) is 0 Å². The number of aromatic amines is 1. The maximum absolute atomic E-state index is 13.2. The van der Waals surface area contributed by atoms with Crippen molar-refractivity contribution in [1.29, 1.82) is 0 Å². The van der Waals surface area contributed by atoms with E-state index in [1.807, 2.05) is 0 Å². The molecule has 2 heterocycles. The summed E-state index contributed by atoms with van der Waals surface area (Å²) in [7, 11) is 0. The first-order chi connectivity index (χ1) is 13.5. The molecule has 0 unspecified atom stereocenters. The van der Waals surface area contributed by atoms with Gasteiger partial charge in [0, 0.05) is 5.92 Å². The molecule has 5 N–H and O–H groups in total. The van der Waals surface area contributed by atoms with Gasteiger partial charge in [0.05, 0.1) is 11.1 Å². The minimum Gasteiger partial charge on any atom is -0.507 e. The number of aromatic hydroxyl groups is 1. The Morgan fingerprint density at radius 3 is 2.43 bits per heavy atom. The number of Topliss-reactive ketones (excluding diaryl/α,β-unsaturated/α-hetero) is 1. The molecule has 1 aromatic heterocycles. The molecule has 140 valence electrons. The molecule has 0 bridgehead atoms. The number of benzene rings is 2. The quantitative estimate of drug-likeness (QED) is 0.405. The highest BCUT2D eigenvalue weighted by molar-refractivity contribution is 6.16. The van der Waals surface area contributed by atoms with Crippen molar-refractivity contribution in [1.82, 2.24) is 9.97 Å². The SMILES string of the molecule is Nc1nc2c(c(=O)[nH]1)[C@H](c1ccccc1)[C@H](C(=O)c1ccccc1O)C(=O)N2. The Hall–Kier alpha value is -3.94. The monoisotopic (exact) mass is 376 g/mol. The number of phenols is 1. The predicted octanol–water partition coefficient (Wildman–Crippen LogP) is 1.64. The fraction of sp³-hybridized carbons (Fsp3) is 0.100. The Bertz CT molecular complexity index is 1140. The fourth-order valence-corrected chi connectivity index (χ4v) is 3.54. The summed E-state index contributed by atoms with van der Waals surface area (Å²) >= 11 is 0. The number of carbonyl (C=O) groups excluding carboxylic acids is 2. The summed E-state index contributed by atoms with van der Waals surface area (Å²) in [5.74, 6) is -3.69. The van der Waals surface area contributed by atoms with Crippen molar-refractivity contribution in [3.05, 3.63) is 81.6 Å². The smallest absolute Gasteiger partial charge is 0.258 e. The first kappa shape index (κ1) is 17.5. The lowest BCUT2D eigenvalue weighted by atomic mass is 9.75. The zero-order chi connectivity index (χ0) is 19.8. The van der Waals surface area contributed by atoms with Gasteiger partial charge >= 0.3 is 0 Å². The molecule has 1 aliphatic heterocycles. The van der Waals surface area contributed by atoms with Crippen LogP contribution in [0.15, 0.2) is 59.4 Å². The molecule has 0 saturated carbocycles. The van der Waals surface area contributed by atoms with Gasteiger partial charge in [-0.3, -0.25) is 19.4 Å². The summed E-state index contributed by atoms with van der Waals surface area (Å²) in [6.45, 7) is 0. The average Bonchev–Trinajstić information content (AvgIpc) is 2.67. The summed E-state index contributed by atoms with van der Waals surface area (Å²) < 4.78 is 0. The minimum absolute atomic E-state index is 0.00636. The Balaban J connectivity index is 1.94. The van der Waals surface area contributed by atoms with Gasteiger partial charge in [-0.25, -0.2) is 0 Å². The van der Waals surface area contributed by atoms with Crippen LogP contribution < -0.4 is 16.6 Å². The normalized spacial score (nSPS) is 18.2. The summed E-state index contributed by atoms with van der Waals surface area (Å²) in [6, 6.07) is 14.7. The van der Waals surface area contributed by atoms with Crippen LogP contribution in [0.2, 0.25) is 0 Å². The number of nitrogens with one attached hydrogen (secondary N) is 2. The number of fused-ring (bicyclic) bond motifs is 1. The third kappa shape index (κ3) is 2.81. The van der Waals surface area contributed by atoms with E-state index in [0.717, 1.165) is 0 Å². The summed E-state index contributed by atoms with van der Waals surface area (Å²) in [5, 5.41) is 12.6. The number of hydrogen-bond acceptors (Lipinski definition) is 6. The number of nitrogens with zero attached hydrogens (tertiary/aromatic N) is 1. The van der Waals surface area contributed by atoms with Crippen molar-refractivity contribution in [3.63, 3.8) is 0 Å². The lowest BCUT2D eigenvalue weighted by molar-refractivity contribution is -0.119. The highest BCUT2D eigenvalue weighted by Crippen LogP contribution is 2.40. The summed E-state index contributed by atoms with van der Waals surface area (Å²) in [4.78, 5) is 45.2. The van der Waals surface area contributed by atoms with Gasteiger partial charge in [0.2, 0.25) is 11.9 Å². The number of ketones is 1. The van der Waals surface area contributed by atoms with Crippen LogP contribution >= 0.6 is 0 Å². The molecule has 0 aliphatic carbocycles. The van der Waals surface area contributed by atoms with E-state index in [0.29, 0.717) is 5.56 Å². The zero-order valence-corrected chi connectivity index (χ0v) is 14.5. The van der Waals surface area contributed by atoms with Crippen molar-refractivity contribution in [2.24, 2.45) is 5.92 Å². The number of rotatable bonds is 3. The van der Waals surface area contributed by atoms with Gasteiger partial charge in [-0.2, -0.15) is 4.98 Å². The second-order valence-electron chi connectivity index (χ2n) is 6.45. The number of amides is 1. The average molecular weight is 376 g/mol. The number of carbonyl (C=O) groups is 2. The summed E-state index contributed by atoms with van der Waals surface area (Å²) in [6.07, 6.45) is 0. The van der Waals surface area contributed by atoms with Gasteiger partial charge < -0.3 is 16.2 Å². The van der Waals surface area contributed by atoms with Gasteiger partial charge in [0.25, 0.3) is 5.56 Å². The second kappa shape index (κ2) is 6.66. The molecule has 8 nitrogen and oxygen atoms in total. The Labute approximate surface area is 159 Å². The number of H-pyrrole nitrogens is 1. The molecule has 1 aliphatic rings. The van der Waals surface area contributed by atoms with Crippen LogP contribution in [0, 0.1) is 5.92 Å². The lowest BCUT2D eigenvalue weighted by Crippen LogP contribution is -2.42. The molecule has 3 aromatic rings. The van der Waals surface area contributed by atoms with Gasteiger partial charge in [0.15, 0.2) is 5.78 Å². The molecule has 4 rings (SSSR count). The molecular formula is C20H16N4O4. The number of nitrogens with two attached hydrogens (primary N) is 1. The maximum atomic E-state index is 13.2. The Kier molecular flexibility index (Phi) is 4.15. The Morgan fingerprint density at radius 2 is 1.71 bits per heavy atom. The highest BCUT2D eigenvalue weighted by Gasteiger charge is 2.44. The van der Waals surface area contributed by atoms with E-state index in [2.05, 4.69) is 15.3 Å². The predicted molar refractivity (Wildman–Crippen MR) is 102 cm³/mol. The van der Waals surface area contributed by atoms with Gasteiger partial charge in [-0.1, -0.05) is 42.5 Å². The number of phenolic OH excluding ortho intramolecular Hbond substituents is 1. The van der Waals surface area contributed by atoms with Crippen LogP contribution in [-0.2, 0) is 4.79 Å². The van der Waals surface area contributed by atoms with Crippen LogP contribution in [0.1, 0.15) is 27.4 Å². The number of anilines is 2. The molecular weight excluding hydrogens is 360 g/mol. The van der Waals surface area contributed by atoms with Crippen molar-refractivity contribution in [2.45, 2.75) is 5.92 Å². The highest BCUT2D eigenvalue weighted by atomic mass is 16.3. The third-order valence-corrected chi connectivity index (χ3v) is 4.75. The third-order valence-electron chi connectivity index (χ3n) is 4.75. The number of hydrogen-bond donors (Lipinski definition) is 4. The topological polar surface area (TPSA) is 138 Å². The van der Waals surface area contributed by atoms with Crippen LogP contribution in [-0.4, -0.2) is 26.8 Å². The first-order valence-electron chi connectivity index (χ1n) is 8.55.